The zero-order chi connectivity index (χ0) is 17.8. The van der Waals surface area contributed by atoms with Crippen LogP contribution in [0.3, 0.4) is 0 Å². The van der Waals surface area contributed by atoms with Crippen LogP contribution < -0.4 is 5.32 Å². The van der Waals surface area contributed by atoms with E-state index in [4.69, 9.17) is 0 Å². The van der Waals surface area contributed by atoms with Gasteiger partial charge in [-0.3, -0.25) is 4.79 Å². The van der Waals surface area contributed by atoms with Crippen molar-refractivity contribution < 1.29 is 4.79 Å². The van der Waals surface area contributed by atoms with E-state index in [1.165, 1.54) is 19.3 Å². The molecule has 0 aliphatic heterocycles. The van der Waals surface area contributed by atoms with Gasteiger partial charge in [-0.25, -0.2) is 4.68 Å². The number of tetrazole rings is 1. The number of amides is 1. The van der Waals surface area contributed by atoms with E-state index in [9.17, 15) is 4.79 Å². The number of carbonyl (C=O) groups excluding carboxylic acids is 1. The molecule has 0 bridgehead atoms. The van der Waals surface area contributed by atoms with Crippen LogP contribution in [0, 0.1) is 0 Å². The van der Waals surface area contributed by atoms with E-state index in [-0.39, 0.29) is 5.91 Å². The Morgan fingerprint density at radius 3 is 2.77 bits per heavy atom. The second-order valence-corrected chi connectivity index (χ2v) is 6.92. The van der Waals surface area contributed by atoms with E-state index < -0.39 is 0 Å². The average Bonchev–Trinajstić information content (AvgIpc) is 3.16. The lowest BCUT2D eigenvalue weighted by Crippen LogP contribution is -2.27. The van der Waals surface area contributed by atoms with E-state index in [1.807, 2.05) is 28.9 Å². The molecule has 6 nitrogen and oxygen atoms in total. The Morgan fingerprint density at radius 1 is 1.08 bits per heavy atom. The Labute approximate surface area is 152 Å². The molecule has 26 heavy (non-hydrogen) atoms. The predicted octanol–water partition coefficient (Wildman–Crippen LogP) is 3.19. The van der Waals surface area contributed by atoms with Gasteiger partial charge in [0.2, 0.25) is 5.91 Å². The molecule has 0 saturated heterocycles. The maximum Gasteiger partial charge on any atom is 0.224 e. The Kier molecular flexibility index (Phi) is 4.91. The largest absolute Gasteiger partial charge is 0.348 e. The fraction of sp³-hybridized carbons (Fsp3) is 0.400. The van der Waals surface area contributed by atoms with Crippen molar-refractivity contribution in [1.82, 2.24) is 25.5 Å². The molecule has 1 saturated carbocycles. The minimum absolute atomic E-state index is 0.0143. The molecular formula is C20H23N5O. The lowest BCUT2D eigenvalue weighted by molar-refractivity contribution is -0.120. The van der Waals surface area contributed by atoms with Gasteiger partial charge in [-0.15, -0.1) is 5.10 Å². The maximum atomic E-state index is 12.4. The molecule has 0 radical (unpaired) electrons. The first kappa shape index (κ1) is 16.7. The second kappa shape index (κ2) is 7.64. The van der Waals surface area contributed by atoms with Crippen LogP contribution in [0.2, 0.25) is 0 Å². The molecule has 6 heteroatoms. The highest BCUT2D eigenvalue weighted by Gasteiger charge is 2.20. The molecule has 3 aromatic rings. The molecular weight excluding hydrogens is 326 g/mol. The van der Waals surface area contributed by atoms with Gasteiger partial charge in [-0.1, -0.05) is 61.7 Å². The molecule has 4 rings (SSSR count). The van der Waals surface area contributed by atoms with E-state index >= 15 is 0 Å². The third-order valence-corrected chi connectivity index (χ3v) is 5.16. The summed E-state index contributed by atoms with van der Waals surface area (Å²) in [6.07, 6.45) is 6.31. The van der Waals surface area contributed by atoms with Gasteiger partial charge in [0.1, 0.15) is 0 Å². The van der Waals surface area contributed by atoms with Gasteiger partial charge in [0, 0.05) is 0 Å². The summed E-state index contributed by atoms with van der Waals surface area (Å²) in [6, 6.07) is 14.6. The van der Waals surface area contributed by atoms with Crippen LogP contribution in [-0.2, 0) is 17.8 Å². The lowest BCUT2D eigenvalue weighted by atomic mass is 9.95. The summed E-state index contributed by atoms with van der Waals surface area (Å²) in [5, 5.41) is 17.3. The van der Waals surface area contributed by atoms with Crippen LogP contribution in [0.1, 0.15) is 49.5 Å². The van der Waals surface area contributed by atoms with Crippen molar-refractivity contribution in [3.63, 3.8) is 0 Å². The molecule has 0 unspecified atom stereocenters. The van der Waals surface area contributed by atoms with Crippen molar-refractivity contribution >= 4 is 16.7 Å². The normalized spacial score (nSPS) is 15.2. The van der Waals surface area contributed by atoms with Crippen LogP contribution >= 0.6 is 0 Å². The van der Waals surface area contributed by atoms with Crippen LogP contribution in [0.25, 0.3) is 10.8 Å². The maximum absolute atomic E-state index is 12.4. The van der Waals surface area contributed by atoms with Crippen molar-refractivity contribution in [2.24, 2.45) is 0 Å². The van der Waals surface area contributed by atoms with Crippen molar-refractivity contribution in [2.75, 3.05) is 0 Å². The van der Waals surface area contributed by atoms with Crippen LogP contribution in [0.5, 0.6) is 0 Å². The molecule has 1 amide bonds. The summed E-state index contributed by atoms with van der Waals surface area (Å²) >= 11 is 0. The first-order valence-electron chi connectivity index (χ1n) is 9.31. The van der Waals surface area contributed by atoms with Gasteiger partial charge in [0.15, 0.2) is 5.82 Å². The summed E-state index contributed by atoms with van der Waals surface area (Å²) in [5.74, 6) is 0.725. The van der Waals surface area contributed by atoms with E-state index in [2.05, 4.69) is 39.0 Å². The van der Waals surface area contributed by atoms with Crippen LogP contribution in [0.4, 0.5) is 0 Å². The number of fused-ring (bicyclic) bond motifs is 1. The quantitative estimate of drug-likeness (QED) is 0.768. The Hall–Kier alpha value is -2.76. The fourth-order valence-electron chi connectivity index (χ4n) is 3.80. The Bertz CT molecular complexity index is 893. The number of rotatable bonds is 5. The topological polar surface area (TPSA) is 72.7 Å². The van der Waals surface area contributed by atoms with Crippen LogP contribution in [-0.4, -0.2) is 26.1 Å². The first-order chi connectivity index (χ1) is 12.8. The van der Waals surface area contributed by atoms with Gasteiger partial charge >= 0.3 is 0 Å². The van der Waals surface area contributed by atoms with Gasteiger partial charge < -0.3 is 5.32 Å². The van der Waals surface area contributed by atoms with Gasteiger partial charge in [-0.2, -0.15) is 0 Å². The smallest absolute Gasteiger partial charge is 0.224 e. The molecule has 1 fully saturated rings. The number of nitrogens with zero attached hydrogens (tertiary/aromatic N) is 4. The fourth-order valence-corrected chi connectivity index (χ4v) is 3.80. The summed E-state index contributed by atoms with van der Waals surface area (Å²) in [6.45, 7) is 0.368. The molecule has 2 aromatic carbocycles. The van der Waals surface area contributed by atoms with Crippen molar-refractivity contribution in [2.45, 2.75) is 51.1 Å². The third-order valence-electron chi connectivity index (χ3n) is 5.16. The minimum Gasteiger partial charge on any atom is -0.348 e. The average molecular weight is 349 g/mol. The summed E-state index contributed by atoms with van der Waals surface area (Å²) < 4.78 is 1.90. The summed E-state index contributed by atoms with van der Waals surface area (Å²) in [5.41, 5.74) is 1.03. The van der Waals surface area contributed by atoms with Gasteiger partial charge in [0.25, 0.3) is 0 Å². The van der Waals surface area contributed by atoms with Crippen molar-refractivity contribution in [3.05, 3.63) is 53.9 Å². The molecule has 1 aliphatic carbocycles. The van der Waals surface area contributed by atoms with Gasteiger partial charge in [0.05, 0.1) is 19.0 Å². The third kappa shape index (κ3) is 3.59. The molecule has 0 atom stereocenters. The standard InChI is InChI=1S/C20H23N5O/c26-20(13-16-9-6-8-15-7-4-5-12-18(15)16)21-14-19-22-23-24-25(19)17-10-2-1-3-11-17/h4-9,12,17H,1-3,10-11,13-14H2,(H,21,26). The van der Waals surface area contributed by atoms with Crippen molar-refractivity contribution in [1.29, 1.82) is 0 Å². The molecule has 1 N–H and O–H groups in total. The van der Waals surface area contributed by atoms with Crippen molar-refractivity contribution in [3.8, 4) is 0 Å². The number of benzene rings is 2. The predicted molar refractivity (Wildman–Crippen MR) is 99.4 cm³/mol. The van der Waals surface area contributed by atoms with E-state index in [0.717, 1.165) is 35.0 Å². The van der Waals surface area contributed by atoms with Crippen LogP contribution in [0.15, 0.2) is 42.5 Å². The highest BCUT2D eigenvalue weighted by Crippen LogP contribution is 2.27. The highest BCUT2D eigenvalue weighted by atomic mass is 16.1. The zero-order valence-electron chi connectivity index (χ0n) is 14.8. The number of hydrogen-bond acceptors (Lipinski definition) is 4. The molecule has 1 aromatic heterocycles. The highest BCUT2D eigenvalue weighted by molar-refractivity contribution is 5.90. The monoisotopic (exact) mass is 349 g/mol. The number of nitrogens with one attached hydrogen (secondary N) is 1. The second-order valence-electron chi connectivity index (χ2n) is 6.92. The summed E-state index contributed by atoms with van der Waals surface area (Å²) in [4.78, 5) is 12.4. The SMILES string of the molecule is O=C(Cc1cccc2ccccc12)NCc1nnnn1C1CCCCC1. The zero-order valence-corrected chi connectivity index (χ0v) is 14.8. The lowest BCUT2D eigenvalue weighted by Gasteiger charge is -2.22. The van der Waals surface area contributed by atoms with E-state index in [0.29, 0.717) is 19.0 Å². The Morgan fingerprint density at radius 2 is 1.88 bits per heavy atom. The first-order valence-corrected chi connectivity index (χ1v) is 9.31. The van der Waals surface area contributed by atoms with E-state index in [1.54, 1.807) is 0 Å². The molecule has 1 aliphatic rings. The molecule has 0 spiro atoms. The molecule has 1 heterocycles. The summed E-state index contributed by atoms with van der Waals surface area (Å²) in [7, 11) is 0. The minimum atomic E-state index is -0.0143. The number of hydrogen-bond donors (Lipinski definition) is 1. The molecule has 134 valence electrons. The number of carbonyl (C=O) groups is 1. The van der Waals surface area contributed by atoms with Gasteiger partial charge in [-0.05, 0) is 39.6 Å². The Balaban J connectivity index is 1.41. The number of aromatic nitrogens is 4.